The highest BCUT2D eigenvalue weighted by Crippen LogP contribution is 2.54. The maximum absolute atomic E-state index is 12.3. The third kappa shape index (κ3) is 2.50. The van der Waals surface area contributed by atoms with Crippen molar-refractivity contribution in [3.8, 4) is 0 Å². The highest BCUT2D eigenvalue weighted by Gasteiger charge is 2.57. The Balaban J connectivity index is 1.55. The standard InChI is InChI=1S/C15H24N2O3/c1-15(2,3)20-14(19)16-7-8-17(12(18)9-16)13-10-5-4-6-11(10)13/h10-11,13H,4-9H2,1-3H3. The van der Waals surface area contributed by atoms with Crippen molar-refractivity contribution < 1.29 is 14.3 Å². The summed E-state index contributed by atoms with van der Waals surface area (Å²) in [5, 5.41) is 0. The van der Waals surface area contributed by atoms with E-state index in [1.165, 1.54) is 24.2 Å². The summed E-state index contributed by atoms with van der Waals surface area (Å²) in [5.74, 6) is 1.57. The van der Waals surface area contributed by atoms with E-state index in [0.29, 0.717) is 19.1 Å². The number of carbonyl (C=O) groups excluding carboxylic acids is 2. The molecule has 3 fully saturated rings. The minimum atomic E-state index is -0.509. The number of piperazine rings is 1. The normalized spacial score (nSPS) is 33.1. The number of carbonyl (C=O) groups is 2. The topological polar surface area (TPSA) is 49.9 Å². The van der Waals surface area contributed by atoms with E-state index in [4.69, 9.17) is 4.74 Å². The molecule has 2 amide bonds. The monoisotopic (exact) mass is 280 g/mol. The molecule has 5 heteroatoms. The molecule has 0 aromatic rings. The first kappa shape index (κ1) is 13.7. The van der Waals surface area contributed by atoms with Crippen molar-refractivity contribution in [3.05, 3.63) is 0 Å². The first-order chi connectivity index (χ1) is 9.37. The number of nitrogens with zero attached hydrogens (tertiary/aromatic N) is 2. The zero-order valence-corrected chi connectivity index (χ0v) is 12.6. The molecule has 0 radical (unpaired) electrons. The van der Waals surface area contributed by atoms with Gasteiger partial charge in [0, 0.05) is 19.1 Å². The minimum absolute atomic E-state index is 0.0847. The fourth-order valence-electron chi connectivity index (χ4n) is 3.73. The maximum atomic E-state index is 12.3. The van der Waals surface area contributed by atoms with Crippen LogP contribution >= 0.6 is 0 Å². The predicted octanol–water partition coefficient (Wildman–Crippen LogP) is 1.86. The molecule has 2 atom stereocenters. The fourth-order valence-corrected chi connectivity index (χ4v) is 3.73. The summed E-state index contributed by atoms with van der Waals surface area (Å²) in [5.41, 5.74) is -0.509. The van der Waals surface area contributed by atoms with Gasteiger partial charge < -0.3 is 9.64 Å². The molecule has 20 heavy (non-hydrogen) atoms. The zero-order chi connectivity index (χ0) is 14.5. The third-order valence-electron chi connectivity index (χ3n) is 4.63. The Hall–Kier alpha value is -1.26. The van der Waals surface area contributed by atoms with E-state index in [9.17, 15) is 9.59 Å². The Bertz CT molecular complexity index is 419. The van der Waals surface area contributed by atoms with E-state index in [1.54, 1.807) is 0 Å². The van der Waals surface area contributed by atoms with Gasteiger partial charge >= 0.3 is 6.09 Å². The molecule has 1 heterocycles. The Labute approximate surface area is 120 Å². The summed E-state index contributed by atoms with van der Waals surface area (Å²) >= 11 is 0. The molecule has 0 aromatic carbocycles. The second-order valence-corrected chi connectivity index (χ2v) is 7.24. The molecule has 2 saturated carbocycles. The van der Waals surface area contributed by atoms with Gasteiger partial charge in [0.2, 0.25) is 5.91 Å². The van der Waals surface area contributed by atoms with Crippen molar-refractivity contribution in [1.82, 2.24) is 9.80 Å². The quantitative estimate of drug-likeness (QED) is 0.736. The number of amides is 2. The Morgan fingerprint density at radius 1 is 1.20 bits per heavy atom. The number of ether oxygens (including phenoxy) is 1. The maximum Gasteiger partial charge on any atom is 0.410 e. The van der Waals surface area contributed by atoms with Crippen LogP contribution in [0.5, 0.6) is 0 Å². The first-order valence-corrected chi connectivity index (χ1v) is 7.64. The molecule has 5 nitrogen and oxygen atoms in total. The van der Waals surface area contributed by atoms with Gasteiger partial charge in [0.25, 0.3) is 0 Å². The van der Waals surface area contributed by atoms with Gasteiger partial charge in [0.15, 0.2) is 0 Å². The van der Waals surface area contributed by atoms with E-state index in [0.717, 1.165) is 11.8 Å². The average Bonchev–Trinajstić information content (AvgIpc) is 2.80. The Morgan fingerprint density at radius 2 is 1.85 bits per heavy atom. The van der Waals surface area contributed by atoms with Crippen LogP contribution in [0.15, 0.2) is 0 Å². The van der Waals surface area contributed by atoms with Crippen LogP contribution in [-0.2, 0) is 9.53 Å². The van der Waals surface area contributed by atoms with Crippen molar-refractivity contribution >= 4 is 12.0 Å². The van der Waals surface area contributed by atoms with Crippen LogP contribution in [0, 0.1) is 11.8 Å². The molecule has 0 spiro atoms. The van der Waals surface area contributed by atoms with Gasteiger partial charge in [-0.25, -0.2) is 4.79 Å². The smallest absolute Gasteiger partial charge is 0.410 e. The van der Waals surface area contributed by atoms with Crippen LogP contribution in [0.4, 0.5) is 4.79 Å². The summed E-state index contributed by atoms with van der Waals surface area (Å²) in [6, 6.07) is 0.469. The number of fused-ring (bicyclic) bond motifs is 1. The van der Waals surface area contributed by atoms with Crippen molar-refractivity contribution in [2.45, 2.75) is 51.7 Å². The predicted molar refractivity (Wildman–Crippen MR) is 74.1 cm³/mol. The lowest BCUT2D eigenvalue weighted by Gasteiger charge is -2.36. The van der Waals surface area contributed by atoms with Gasteiger partial charge in [-0.1, -0.05) is 6.42 Å². The van der Waals surface area contributed by atoms with Crippen LogP contribution in [0.1, 0.15) is 40.0 Å². The lowest BCUT2D eigenvalue weighted by Crippen LogP contribution is -2.54. The molecule has 0 aromatic heterocycles. The van der Waals surface area contributed by atoms with E-state index >= 15 is 0 Å². The van der Waals surface area contributed by atoms with Crippen LogP contribution in [-0.4, -0.2) is 53.1 Å². The van der Waals surface area contributed by atoms with Crippen LogP contribution in [0.25, 0.3) is 0 Å². The van der Waals surface area contributed by atoms with Gasteiger partial charge in [0.05, 0.1) is 0 Å². The van der Waals surface area contributed by atoms with Crippen LogP contribution in [0.2, 0.25) is 0 Å². The fraction of sp³-hybridized carbons (Fsp3) is 0.867. The van der Waals surface area contributed by atoms with Crippen molar-refractivity contribution in [2.24, 2.45) is 11.8 Å². The van der Waals surface area contributed by atoms with Crippen molar-refractivity contribution in [1.29, 1.82) is 0 Å². The Morgan fingerprint density at radius 3 is 2.40 bits per heavy atom. The minimum Gasteiger partial charge on any atom is -0.444 e. The highest BCUT2D eigenvalue weighted by atomic mass is 16.6. The first-order valence-electron chi connectivity index (χ1n) is 7.64. The van der Waals surface area contributed by atoms with E-state index < -0.39 is 5.60 Å². The summed E-state index contributed by atoms with van der Waals surface area (Å²) in [4.78, 5) is 27.8. The summed E-state index contributed by atoms with van der Waals surface area (Å²) < 4.78 is 5.33. The highest BCUT2D eigenvalue weighted by molar-refractivity contribution is 5.84. The molecule has 0 bridgehead atoms. The van der Waals surface area contributed by atoms with Gasteiger partial charge in [-0.05, 0) is 45.4 Å². The molecule has 1 aliphatic heterocycles. The number of hydrogen-bond acceptors (Lipinski definition) is 3. The molecule has 2 aliphatic carbocycles. The molecular weight excluding hydrogens is 256 g/mol. The van der Waals surface area contributed by atoms with Crippen LogP contribution in [0.3, 0.4) is 0 Å². The van der Waals surface area contributed by atoms with E-state index in [2.05, 4.69) is 0 Å². The number of rotatable bonds is 1. The second kappa shape index (κ2) is 4.64. The molecule has 3 rings (SSSR count). The van der Waals surface area contributed by atoms with Gasteiger partial charge in [0.1, 0.15) is 12.1 Å². The lowest BCUT2D eigenvalue weighted by molar-refractivity contribution is -0.137. The zero-order valence-electron chi connectivity index (χ0n) is 12.6. The average molecular weight is 280 g/mol. The van der Waals surface area contributed by atoms with E-state index in [-0.39, 0.29) is 18.5 Å². The summed E-state index contributed by atoms with van der Waals surface area (Å²) in [6.07, 6.45) is 3.49. The summed E-state index contributed by atoms with van der Waals surface area (Å²) in [6.45, 7) is 6.95. The molecule has 2 unspecified atom stereocenters. The SMILES string of the molecule is CC(C)(C)OC(=O)N1CCN(C2C3CCCC32)C(=O)C1. The molecule has 0 N–H and O–H groups in total. The molecule has 3 aliphatic rings. The lowest BCUT2D eigenvalue weighted by atomic mass is 10.2. The second-order valence-electron chi connectivity index (χ2n) is 7.24. The van der Waals surface area contributed by atoms with E-state index in [1.807, 2.05) is 25.7 Å². The molecular formula is C15H24N2O3. The van der Waals surface area contributed by atoms with Crippen LogP contribution < -0.4 is 0 Å². The third-order valence-corrected chi connectivity index (χ3v) is 4.63. The van der Waals surface area contributed by atoms with Crippen molar-refractivity contribution in [3.63, 3.8) is 0 Å². The molecule has 1 saturated heterocycles. The Kier molecular flexibility index (Phi) is 3.18. The van der Waals surface area contributed by atoms with Gasteiger partial charge in [-0.15, -0.1) is 0 Å². The van der Waals surface area contributed by atoms with Crippen molar-refractivity contribution in [2.75, 3.05) is 19.6 Å². The molecule has 112 valence electrons. The van der Waals surface area contributed by atoms with Gasteiger partial charge in [-0.2, -0.15) is 0 Å². The number of hydrogen-bond donors (Lipinski definition) is 0. The van der Waals surface area contributed by atoms with Gasteiger partial charge in [-0.3, -0.25) is 9.69 Å². The largest absolute Gasteiger partial charge is 0.444 e. The summed E-state index contributed by atoms with van der Waals surface area (Å²) in [7, 11) is 0.